The Balaban J connectivity index is 0.000000196. The molecule has 0 saturated heterocycles. The smallest absolute Gasteiger partial charge is 0.308 e. The molecule has 202 valence electrons. The van der Waals surface area contributed by atoms with Crippen molar-refractivity contribution in [3.8, 4) is 0 Å². The van der Waals surface area contributed by atoms with Crippen molar-refractivity contribution in [3.63, 3.8) is 0 Å². The predicted octanol–water partition coefficient (Wildman–Crippen LogP) is 6.53. The Labute approximate surface area is 213 Å². The summed E-state index contributed by atoms with van der Waals surface area (Å²) in [7, 11) is 0. The van der Waals surface area contributed by atoms with E-state index in [0.717, 1.165) is 51.4 Å². The van der Waals surface area contributed by atoms with Crippen molar-refractivity contribution in [1.29, 1.82) is 0 Å². The molecule has 0 heterocycles. The zero-order chi connectivity index (χ0) is 24.9. The Hall–Kier alpha value is -1.14. The molecule has 35 heavy (non-hydrogen) atoms. The SMILES string of the molecule is CCOC(=O)[C@H]1CC[C@@H](OC2CCCCC2)CC1.CCOC(=O)[C@H]1CC[C@H](OC2CCCC2)CC1. The summed E-state index contributed by atoms with van der Waals surface area (Å²) in [6, 6.07) is 0. The van der Waals surface area contributed by atoms with E-state index >= 15 is 0 Å². The third kappa shape index (κ3) is 10.0. The highest BCUT2D eigenvalue weighted by Gasteiger charge is 2.30. The van der Waals surface area contributed by atoms with Crippen LogP contribution in [0, 0.1) is 11.8 Å². The van der Waals surface area contributed by atoms with Crippen molar-refractivity contribution < 1.29 is 28.5 Å². The van der Waals surface area contributed by atoms with Gasteiger partial charge in [0.05, 0.1) is 49.5 Å². The second-order valence-electron chi connectivity index (χ2n) is 10.9. The van der Waals surface area contributed by atoms with Gasteiger partial charge in [-0.05, 0) is 90.9 Å². The first-order valence-corrected chi connectivity index (χ1v) is 14.7. The summed E-state index contributed by atoms with van der Waals surface area (Å²) in [6.07, 6.45) is 21.2. The fourth-order valence-electron chi connectivity index (χ4n) is 6.16. The Kier molecular flexibility index (Phi) is 12.9. The number of hydrogen-bond acceptors (Lipinski definition) is 6. The van der Waals surface area contributed by atoms with Gasteiger partial charge in [-0.25, -0.2) is 0 Å². The van der Waals surface area contributed by atoms with Crippen molar-refractivity contribution in [3.05, 3.63) is 0 Å². The third-order valence-corrected chi connectivity index (χ3v) is 8.21. The van der Waals surface area contributed by atoms with Crippen molar-refractivity contribution in [2.24, 2.45) is 11.8 Å². The number of ether oxygens (including phenoxy) is 4. The summed E-state index contributed by atoms with van der Waals surface area (Å²) >= 11 is 0. The van der Waals surface area contributed by atoms with Crippen molar-refractivity contribution >= 4 is 11.9 Å². The van der Waals surface area contributed by atoms with E-state index in [0.29, 0.717) is 37.6 Å². The van der Waals surface area contributed by atoms with Crippen LogP contribution in [0.4, 0.5) is 0 Å². The molecule has 4 aliphatic rings. The first-order chi connectivity index (χ1) is 17.1. The molecule has 0 aliphatic heterocycles. The number of carbonyl (C=O) groups excluding carboxylic acids is 2. The molecule has 4 fully saturated rings. The average molecular weight is 495 g/mol. The Morgan fingerprint density at radius 2 is 0.800 bits per heavy atom. The van der Waals surface area contributed by atoms with Crippen molar-refractivity contribution in [2.45, 2.75) is 147 Å². The Bertz CT molecular complexity index is 594. The summed E-state index contributed by atoms with van der Waals surface area (Å²) in [5.74, 6) is 0.231. The molecule has 0 atom stereocenters. The molecule has 6 nitrogen and oxygen atoms in total. The van der Waals surface area contributed by atoms with Gasteiger partial charge in [0.25, 0.3) is 0 Å². The molecule has 0 unspecified atom stereocenters. The maximum atomic E-state index is 11.6. The van der Waals surface area contributed by atoms with E-state index in [1.165, 1.54) is 57.8 Å². The zero-order valence-electron chi connectivity index (χ0n) is 22.3. The van der Waals surface area contributed by atoms with Gasteiger partial charge >= 0.3 is 11.9 Å². The molecule has 0 radical (unpaired) electrons. The standard InChI is InChI=1S/C15H26O3.C14H24O3/c1-2-17-15(16)12-8-10-14(11-9-12)18-13-6-4-3-5-7-13;1-2-16-14(15)11-7-9-13(10-8-11)17-12-5-3-4-6-12/h12-14H,2-11H2,1H3;11-13H,2-10H2,1H3/t12-,14+;11-,13-. The minimum Gasteiger partial charge on any atom is -0.466 e. The highest BCUT2D eigenvalue weighted by atomic mass is 16.5. The lowest BCUT2D eigenvalue weighted by Crippen LogP contribution is -2.31. The minimum absolute atomic E-state index is 0.00591. The summed E-state index contributed by atoms with van der Waals surface area (Å²) in [4.78, 5) is 23.2. The van der Waals surface area contributed by atoms with E-state index in [2.05, 4.69) is 0 Å². The summed E-state index contributed by atoms with van der Waals surface area (Å²) in [6.45, 7) is 4.73. The normalized spacial score (nSPS) is 30.2. The van der Waals surface area contributed by atoms with Gasteiger partial charge in [-0.15, -0.1) is 0 Å². The Morgan fingerprint density at radius 1 is 0.486 bits per heavy atom. The lowest BCUT2D eigenvalue weighted by molar-refractivity contribution is -0.151. The van der Waals surface area contributed by atoms with E-state index in [9.17, 15) is 9.59 Å². The molecular formula is C29H50O6. The first-order valence-electron chi connectivity index (χ1n) is 14.7. The van der Waals surface area contributed by atoms with Crippen LogP contribution in [0.2, 0.25) is 0 Å². The van der Waals surface area contributed by atoms with Gasteiger partial charge in [0.2, 0.25) is 0 Å². The molecule has 4 aliphatic carbocycles. The van der Waals surface area contributed by atoms with Crippen LogP contribution in [0.5, 0.6) is 0 Å². The van der Waals surface area contributed by atoms with Crippen LogP contribution < -0.4 is 0 Å². The van der Waals surface area contributed by atoms with Crippen LogP contribution in [-0.4, -0.2) is 49.6 Å². The maximum absolute atomic E-state index is 11.6. The molecule has 0 N–H and O–H groups in total. The second-order valence-corrected chi connectivity index (χ2v) is 10.9. The van der Waals surface area contributed by atoms with E-state index < -0.39 is 0 Å². The highest BCUT2D eigenvalue weighted by Crippen LogP contribution is 2.32. The predicted molar refractivity (Wildman–Crippen MR) is 136 cm³/mol. The molecule has 0 spiro atoms. The molecule has 0 aromatic rings. The van der Waals surface area contributed by atoms with E-state index in [1.54, 1.807) is 0 Å². The topological polar surface area (TPSA) is 71.1 Å². The van der Waals surface area contributed by atoms with Gasteiger partial charge in [-0.2, -0.15) is 0 Å². The molecule has 0 bridgehead atoms. The molecule has 4 saturated carbocycles. The van der Waals surface area contributed by atoms with Crippen LogP contribution in [-0.2, 0) is 28.5 Å². The number of esters is 2. The highest BCUT2D eigenvalue weighted by molar-refractivity contribution is 5.72. The maximum Gasteiger partial charge on any atom is 0.308 e. The first kappa shape index (κ1) is 28.4. The monoisotopic (exact) mass is 494 g/mol. The van der Waals surface area contributed by atoms with E-state index in [4.69, 9.17) is 18.9 Å². The molecule has 6 heteroatoms. The fourth-order valence-corrected chi connectivity index (χ4v) is 6.16. The van der Waals surface area contributed by atoms with Crippen molar-refractivity contribution in [1.82, 2.24) is 0 Å². The summed E-state index contributed by atoms with van der Waals surface area (Å²) in [5.41, 5.74) is 0. The molecular weight excluding hydrogens is 444 g/mol. The number of hydrogen-bond donors (Lipinski definition) is 0. The van der Waals surface area contributed by atoms with Gasteiger partial charge in [-0.3, -0.25) is 9.59 Å². The summed E-state index contributed by atoms with van der Waals surface area (Å²) in [5, 5.41) is 0. The summed E-state index contributed by atoms with van der Waals surface area (Å²) < 4.78 is 22.4. The molecule has 4 rings (SSSR count). The van der Waals surface area contributed by atoms with Crippen LogP contribution in [0.3, 0.4) is 0 Å². The molecule has 0 aromatic heterocycles. The lowest BCUT2D eigenvalue weighted by Gasteiger charge is -2.32. The average Bonchev–Trinajstić information content (AvgIpc) is 3.39. The van der Waals surface area contributed by atoms with Gasteiger partial charge in [-0.1, -0.05) is 32.1 Å². The number of carbonyl (C=O) groups is 2. The van der Waals surface area contributed by atoms with Gasteiger partial charge in [0, 0.05) is 0 Å². The van der Waals surface area contributed by atoms with Gasteiger partial charge < -0.3 is 18.9 Å². The quantitative estimate of drug-likeness (QED) is 0.358. The van der Waals surface area contributed by atoms with E-state index in [1.807, 2.05) is 13.8 Å². The lowest BCUT2D eigenvalue weighted by atomic mass is 9.87. The van der Waals surface area contributed by atoms with Crippen LogP contribution in [0.25, 0.3) is 0 Å². The minimum atomic E-state index is -0.00758. The fraction of sp³-hybridized carbons (Fsp3) is 0.931. The number of rotatable bonds is 8. The molecule has 0 aromatic carbocycles. The largest absolute Gasteiger partial charge is 0.466 e. The third-order valence-electron chi connectivity index (χ3n) is 8.21. The van der Waals surface area contributed by atoms with Crippen molar-refractivity contribution in [2.75, 3.05) is 13.2 Å². The van der Waals surface area contributed by atoms with Crippen LogP contribution in [0.15, 0.2) is 0 Å². The van der Waals surface area contributed by atoms with Crippen LogP contribution >= 0.6 is 0 Å². The van der Waals surface area contributed by atoms with Crippen LogP contribution in [0.1, 0.15) is 123 Å². The zero-order valence-corrected chi connectivity index (χ0v) is 22.3. The Morgan fingerprint density at radius 3 is 1.14 bits per heavy atom. The second kappa shape index (κ2) is 15.9. The van der Waals surface area contributed by atoms with Gasteiger partial charge in [0.1, 0.15) is 0 Å². The molecule has 0 amide bonds. The van der Waals surface area contributed by atoms with Gasteiger partial charge in [0.15, 0.2) is 0 Å². The van der Waals surface area contributed by atoms with E-state index in [-0.39, 0.29) is 23.8 Å².